The Hall–Kier alpha value is -4.10. The molecular weight excluding hydrogens is 442 g/mol. The molecule has 0 aromatic carbocycles. The lowest BCUT2D eigenvalue weighted by Gasteiger charge is -2.28. The second-order valence-corrected chi connectivity index (χ2v) is 7.74. The van der Waals surface area contributed by atoms with E-state index in [4.69, 9.17) is 30.0 Å². The van der Waals surface area contributed by atoms with Crippen molar-refractivity contribution in [2.24, 2.45) is 12.9 Å². The van der Waals surface area contributed by atoms with Crippen molar-refractivity contribution in [3.63, 3.8) is 0 Å². The maximum absolute atomic E-state index is 11.5. The zero-order valence-corrected chi connectivity index (χ0v) is 18.7. The summed E-state index contributed by atoms with van der Waals surface area (Å²) in [5.41, 5.74) is 1.55. The lowest BCUT2D eigenvalue weighted by molar-refractivity contribution is 0.0502. The molecule has 0 unspecified atom stereocenters. The van der Waals surface area contributed by atoms with Crippen molar-refractivity contribution in [3.05, 3.63) is 42.2 Å². The second kappa shape index (κ2) is 9.03. The van der Waals surface area contributed by atoms with Gasteiger partial charge in [-0.25, -0.2) is 29.7 Å². The molecule has 1 aliphatic heterocycles. The fourth-order valence-corrected chi connectivity index (χ4v) is 3.72. The number of aryl methyl sites for hydroxylation is 1. The molecule has 0 radical (unpaired) electrons. The van der Waals surface area contributed by atoms with Crippen LogP contribution < -0.4 is 15.7 Å². The lowest BCUT2D eigenvalue weighted by atomic mass is 10.3. The molecule has 0 aliphatic carbocycles. The second-order valence-electron chi connectivity index (χ2n) is 7.74. The normalized spacial score (nSPS) is 13.9. The molecule has 176 valence electrons. The van der Waals surface area contributed by atoms with E-state index < -0.39 is 5.97 Å². The third-order valence-corrected chi connectivity index (χ3v) is 5.55. The number of anilines is 2. The molecule has 5 heterocycles. The van der Waals surface area contributed by atoms with E-state index in [1.165, 1.54) is 12.4 Å². The molecule has 0 amide bonds. The van der Waals surface area contributed by atoms with Gasteiger partial charge >= 0.3 is 5.97 Å². The monoisotopic (exact) mass is 465 g/mol. The van der Waals surface area contributed by atoms with E-state index in [1.54, 1.807) is 12.3 Å². The summed E-state index contributed by atoms with van der Waals surface area (Å²) in [6, 6.07) is 3.64. The Labute approximate surface area is 194 Å². The molecule has 0 spiro atoms. The van der Waals surface area contributed by atoms with E-state index in [2.05, 4.69) is 19.7 Å². The zero-order valence-electron chi connectivity index (χ0n) is 18.7. The Morgan fingerprint density at radius 3 is 2.65 bits per heavy atom. The maximum atomic E-state index is 11.5. The van der Waals surface area contributed by atoms with Crippen molar-refractivity contribution in [2.45, 2.75) is 6.54 Å². The highest BCUT2D eigenvalue weighted by Crippen LogP contribution is 2.29. The van der Waals surface area contributed by atoms with E-state index in [9.17, 15) is 4.79 Å². The summed E-state index contributed by atoms with van der Waals surface area (Å²) in [5, 5.41) is 0. The molecule has 1 saturated heterocycles. The van der Waals surface area contributed by atoms with Gasteiger partial charge in [-0.3, -0.25) is 0 Å². The van der Waals surface area contributed by atoms with Crippen molar-refractivity contribution < 1.29 is 18.8 Å². The number of morpholine rings is 1. The molecule has 1 fully saturated rings. The maximum Gasteiger partial charge on any atom is 0.359 e. The van der Waals surface area contributed by atoms with Crippen LogP contribution in [-0.2, 0) is 23.2 Å². The van der Waals surface area contributed by atoms with Crippen LogP contribution in [0.4, 0.5) is 11.8 Å². The average molecular weight is 465 g/mol. The fourth-order valence-electron chi connectivity index (χ4n) is 3.72. The molecular formula is C21H23N9O4. The molecule has 5 rings (SSSR count). The third kappa shape index (κ3) is 4.02. The number of furan rings is 1. The van der Waals surface area contributed by atoms with Gasteiger partial charge in [-0.2, -0.15) is 5.90 Å². The molecule has 2 N–H and O–H groups in total. The predicted molar refractivity (Wildman–Crippen MR) is 121 cm³/mol. The average Bonchev–Trinajstić information content (AvgIpc) is 3.52. The fraction of sp³-hybridized carbons (Fsp3) is 0.333. The van der Waals surface area contributed by atoms with Crippen molar-refractivity contribution in [1.82, 2.24) is 29.5 Å². The summed E-state index contributed by atoms with van der Waals surface area (Å²) in [5.74, 6) is 7.18. The quantitative estimate of drug-likeness (QED) is 0.403. The first-order valence-corrected chi connectivity index (χ1v) is 10.6. The van der Waals surface area contributed by atoms with Crippen molar-refractivity contribution in [2.75, 3.05) is 43.2 Å². The van der Waals surface area contributed by atoms with Crippen LogP contribution in [0.1, 0.15) is 16.2 Å². The highest BCUT2D eigenvalue weighted by Gasteiger charge is 2.24. The standard InChI is InChI=1S/C21H23N9O4/c1-28(21-23-10-13(11-24-21)20(31)34-22)12-15-25-16-18(29(15)2)26-17(14-4-3-7-33-14)27-19(16)30-5-8-32-9-6-30/h3-4,7,10-11H,5-6,8-9,12,22H2,1-2H3. The van der Waals surface area contributed by atoms with Crippen LogP contribution in [0.15, 0.2) is 35.2 Å². The van der Waals surface area contributed by atoms with E-state index in [-0.39, 0.29) is 5.56 Å². The number of aromatic nitrogens is 6. The molecule has 4 aromatic rings. The highest BCUT2D eigenvalue weighted by atomic mass is 16.7. The zero-order chi connectivity index (χ0) is 23.7. The van der Waals surface area contributed by atoms with Gasteiger partial charge in [-0.1, -0.05) is 0 Å². The van der Waals surface area contributed by atoms with Gasteiger partial charge in [0.1, 0.15) is 5.82 Å². The number of nitrogens with zero attached hydrogens (tertiary/aromatic N) is 8. The summed E-state index contributed by atoms with van der Waals surface area (Å²) in [4.78, 5) is 42.5. The Kier molecular flexibility index (Phi) is 5.77. The van der Waals surface area contributed by atoms with Gasteiger partial charge in [0.15, 0.2) is 28.6 Å². The van der Waals surface area contributed by atoms with Gasteiger partial charge in [0.25, 0.3) is 0 Å². The van der Waals surface area contributed by atoms with Gasteiger partial charge in [-0.05, 0) is 12.1 Å². The van der Waals surface area contributed by atoms with Crippen LogP contribution in [0.2, 0.25) is 0 Å². The third-order valence-electron chi connectivity index (χ3n) is 5.55. The van der Waals surface area contributed by atoms with E-state index in [0.29, 0.717) is 61.5 Å². The topological polar surface area (TPSA) is 151 Å². The van der Waals surface area contributed by atoms with Crippen LogP contribution in [0.3, 0.4) is 0 Å². The summed E-state index contributed by atoms with van der Waals surface area (Å²) in [7, 11) is 3.74. The number of ether oxygens (including phenoxy) is 1. The number of hydrogen-bond acceptors (Lipinski definition) is 12. The Morgan fingerprint density at radius 1 is 1.21 bits per heavy atom. The Balaban J connectivity index is 1.50. The smallest absolute Gasteiger partial charge is 0.359 e. The number of carbonyl (C=O) groups is 1. The number of carbonyl (C=O) groups excluding carboxylic acids is 1. The van der Waals surface area contributed by atoms with Crippen LogP contribution in [-0.4, -0.2) is 68.8 Å². The number of nitrogens with two attached hydrogens (primary N) is 1. The van der Waals surface area contributed by atoms with E-state index in [1.807, 2.05) is 29.6 Å². The lowest BCUT2D eigenvalue weighted by Crippen LogP contribution is -2.37. The molecule has 13 nitrogen and oxygen atoms in total. The molecule has 0 saturated carbocycles. The SMILES string of the molecule is CN(Cc1nc2c(N3CCOCC3)nc(-c3ccco3)nc2n1C)c1ncc(C(=O)ON)cn1. The van der Waals surface area contributed by atoms with E-state index in [0.717, 1.165) is 11.6 Å². The van der Waals surface area contributed by atoms with Gasteiger partial charge in [0.05, 0.1) is 31.6 Å². The van der Waals surface area contributed by atoms with Gasteiger partial charge in [0.2, 0.25) is 5.95 Å². The summed E-state index contributed by atoms with van der Waals surface area (Å²) in [6.07, 6.45) is 4.32. The summed E-state index contributed by atoms with van der Waals surface area (Å²) in [6.45, 7) is 3.05. The van der Waals surface area contributed by atoms with Crippen molar-refractivity contribution in [1.29, 1.82) is 0 Å². The first kappa shape index (κ1) is 21.7. The van der Waals surface area contributed by atoms with Crippen LogP contribution in [0.5, 0.6) is 0 Å². The van der Waals surface area contributed by atoms with Gasteiger partial charge < -0.3 is 28.4 Å². The molecule has 34 heavy (non-hydrogen) atoms. The number of fused-ring (bicyclic) bond motifs is 1. The summed E-state index contributed by atoms with van der Waals surface area (Å²) < 4.78 is 13.0. The Morgan fingerprint density at radius 2 is 1.97 bits per heavy atom. The minimum absolute atomic E-state index is 0.165. The number of hydrogen-bond donors (Lipinski definition) is 1. The molecule has 13 heteroatoms. The van der Waals surface area contributed by atoms with Crippen molar-refractivity contribution in [3.8, 4) is 11.6 Å². The largest absolute Gasteiger partial charge is 0.461 e. The minimum Gasteiger partial charge on any atom is -0.461 e. The molecule has 0 atom stereocenters. The molecule has 0 bridgehead atoms. The van der Waals surface area contributed by atoms with Gasteiger partial charge in [0, 0.05) is 39.6 Å². The van der Waals surface area contributed by atoms with Gasteiger partial charge in [-0.15, -0.1) is 0 Å². The van der Waals surface area contributed by atoms with E-state index >= 15 is 0 Å². The first-order valence-electron chi connectivity index (χ1n) is 10.6. The van der Waals surface area contributed by atoms with Crippen LogP contribution in [0, 0.1) is 0 Å². The predicted octanol–water partition coefficient (Wildman–Crippen LogP) is 0.917. The Bertz CT molecular complexity index is 1300. The minimum atomic E-state index is -0.703. The summed E-state index contributed by atoms with van der Waals surface area (Å²) >= 11 is 0. The van der Waals surface area contributed by atoms with Crippen LogP contribution in [0.25, 0.3) is 22.7 Å². The van der Waals surface area contributed by atoms with Crippen LogP contribution >= 0.6 is 0 Å². The number of imidazole rings is 1. The number of rotatable bonds is 6. The first-order chi connectivity index (χ1) is 16.5. The van der Waals surface area contributed by atoms with Crippen molar-refractivity contribution >= 4 is 28.9 Å². The highest BCUT2D eigenvalue weighted by molar-refractivity contribution is 5.88. The molecule has 1 aliphatic rings. The molecule has 4 aromatic heterocycles.